The topological polar surface area (TPSA) is 0 Å². The Morgan fingerprint density at radius 2 is 1.42 bits per heavy atom. The van der Waals surface area contributed by atoms with Crippen molar-refractivity contribution >= 4 is 5.57 Å². The molecule has 0 aliphatic carbocycles. The molecule has 2 aromatic rings. The summed E-state index contributed by atoms with van der Waals surface area (Å²) in [4.78, 5) is 0. The van der Waals surface area contributed by atoms with Crippen LogP contribution in [0.25, 0.3) is 5.57 Å². The van der Waals surface area contributed by atoms with E-state index in [1.54, 1.807) is 0 Å². The molecule has 0 radical (unpaired) electrons. The van der Waals surface area contributed by atoms with Gasteiger partial charge in [0.05, 0.1) is 0 Å². The summed E-state index contributed by atoms with van der Waals surface area (Å²) >= 11 is 0. The zero-order chi connectivity index (χ0) is 13.7. The first kappa shape index (κ1) is 13.6. The Bertz CT molecular complexity index is 533. The molecule has 0 heteroatoms. The van der Waals surface area contributed by atoms with Gasteiger partial charge >= 0.3 is 0 Å². The van der Waals surface area contributed by atoms with E-state index >= 15 is 0 Å². The molecule has 2 rings (SSSR count). The molecule has 0 saturated heterocycles. The highest BCUT2D eigenvalue weighted by Gasteiger charge is 2.22. The highest BCUT2D eigenvalue weighted by atomic mass is 14.3. The second-order valence-electron chi connectivity index (χ2n) is 5.61. The molecule has 0 aliphatic rings. The van der Waals surface area contributed by atoms with Crippen LogP contribution in [0, 0.1) is 0 Å². The molecule has 0 atom stereocenters. The maximum atomic E-state index is 2.31. The molecule has 0 saturated carbocycles. The zero-order valence-corrected chi connectivity index (χ0v) is 12.1. The number of hydrogen-bond acceptors (Lipinski definition) is 0. The van der Waals surface area contributed by atoms with Crippen molar-refractivity contribution in [2.75, 3.05) is 0 Å². The van der Waals surface area contributed by atoms with Gasteiger partial charge in [-0.1, -0.05) is 80.6 Å². The third-order valence-corrected chi connectivity index (χ3v) is 3.68. The van der Waals surface area contributed by atoms with E-state index in [4.69, 9.17) is 0 Å². The number of benzene rings is 2. The third-order valence-electron chi connectivity index (χ3n) is 3.68. The fraction of sp³-hybridized carbons (Fsp3) is 0.263. The minimum absolute atomic E-state index is 0.152. The minimum atomic E-state index is 0.152. The summed E-state index contributed by atoms with van der Waals surface area (Å²) in [5, 5.41) is 0. The van der Waals surface area contributed by atoms with Gasteiger partial charge in [0.25, 0.3) is 0 Å². The second kappa shape index (κ2) is 5.88. The van der Waals surface area contributed by atoms with Crippen LogP contribution in [0.2, 0.25) is 0 Å². The molecule has 0 nitrogen and oxygen atoms in total. The van der Waals surface area contributed by atoms with Crippen molar-refractivity contribution in [3.63, 3.8) is 0 Å². The fourth-order valence-corrected chi connectivity index (χ4v) is 2.49. The quantitative estimate of drug-likeness (QED) is 0.676. The van der Waals surface area contributed by atoms with Gasteiger partial charge < -0.3 is 0 Å². The Hall–Kier alpha value is -1.82. The molecule has 0 fully saturated rings. The Morgan fingerprint density at radius 3 is 1.95 bits per heavy atom. The van der Waals surface area contributed by atoms with Crippen molar-refractivity contribution in [1.29, 1.82) is 0 Å². The first-order chi connectivity index (χ1) is 9.13. The van der Waals surface area contributed by atoms with E-state index in [9.17, 15) is 0 Å². The molecule has 0 heterocycles. The van der Waals surface area contributed by atoms with Crippen molar-refractivity contribution in [2.45, 2.75) is 32.6 Å². The smallest absolute Gasteiger partial charge is 0.00631 e. The molecule has 0 aliphatic heterocycles. The summed E-state index contributed by atoms with van der Waals surface area (Å²) in [5.41, 5.74) is 4.28. The molecule has 0 bridgehead atoms. The van der Waals surface area contributed by atoms with Crippen LogP contribution in [0.3, 0.4) is 0 Å². The van der Waals surface area contributed by atoms with Gasteiger partial charge in [-0.3, -0.25) is 0 Å². The van der Waals surface area contributed by atoms with Crippen LogP contribution in [0.4, 0.5) is 0 Å². The Morgan fingerprint density at radius 1 is 0.895 bits per heavy atom. The van der Waals surface area contributed by atoms with Crippen LogP contribution in [0.5, 0.6) is 0 Å². The minimum Gasteiger partial charge on any atom is -0.0838 e. The lowest BCUT2D eigenvalue weighted by Gasteiger charge is -2.27. The van der Waals surface area contributed by atoms with E-state index in [1.807, 2.05) is 0 Å². The Balaban J connectivity index is 2.24. The molecule has 0 unspecified atom stereocenters. The van der Waals surface area contributed by atoms with Crippen molar-refractivity contribution in [2.24, 2.45) is 0 Å². The van der Waals surface area contributed by atoms with Crippen LogP contribution in [-0.2, 0) is 5.41 Å². The normalized spacial score (nSPS) is 12.5. The molecule has 0 spiro atoms. The van der Waals surface area contributed by atoms with Gasteiger partial charge in [-0.25, -0.2) is 0 Å². The number of hydrogen-bond donors (Lipinski definition) is 0. The van der Waals surface area contributed by atoms with E-state index in [0.717, 1.165) is 6.42 Å². The monoisotopic (exact) mass is 250 g/mol. The second-order valence-corrected chi connectivity index (χ2v) is 5.61. The molecule has 98 valence electrons. The molecular weight excluding hydrogens is 228 g/mol. The molecule has 19 heavy (non-hydrogen) atoms. The van der Waals surface area contributed by atoms with Gasteiger partial charge in [0, 0.05) is 0 Å². The largest absolute Gasteiger partial charge is 0.0838 e. The standard InChI is InChI=1S/C19H22/c1-4-16(17-11-7-5-8-12-17)15-19(2,3)18-13-9-6-10-14-18/h4-14H,15H2,1-3H3. The van der Waals surface area contributed by atoms with Crippen LogP contribution in [-0.4, -0.2) is 0 Å². The summed E-state index contributed by atoms with van der Waals surface area (Å²) in [7, 11) is 0. The zero-order valence-electron chi connectivity index (χ0n) is 12.1. The van der Waals surface area contributed by atoms with Crippen molar-refractivity contribution in [3.8, 4) is 0 Å². The lowest BCUT2D eigenvalue weighted by molar-refractivity contribution is 0.541. The first-order valence-corrected chi connectivity index (χ1v) is 6.89. The molecule has 0 amide bonds. The van der Waals surface area contributed by atoms with E-state index in [0.29, 0.717) is 0 Å². The maximum absolute atomic E-state index is 2.31. The van der Waals surface area contributed by atoms with Gasteiger partial charge in [-0.2, -0.15) is 0 Å². The molecule has 2 aromatic carbocycles. The van der Waals surface area contributed by atoms with Gasteiger partial charge in [0.2, 0.25) is 0 Å². The van der Waals surface area contributed by atoms with Crippen molar-refractivity contribution < 1.29 is 0 Å². The first-order valence-electron chi connectivity index (χ1n) is 6.89. The van der Waals surface area contributed by atoms with Crippen molar-refractivity contribution in [3.05, 3.63) is 77.9 Å². The van der Waals surface area contributed by atoms with Crippen LogP contribution >= 0.6 is 0 Å². The van der Waals surface area contributed by atoms with E-state index in [-0.39, 0.29) is 5.41 Å². The van der Waals surface area contributed by atoms with Crippen LogP contribution in [0.1, 0.15) is 38.3 Å². The summed E-state index contributed by atoms with van der Waals surface area (Å²) in [5.74, 6) is 0. The molecular formula is C19H22. The number of rotatable bonds is 4. The number of allylic oxidation sites excluding steroid dienone is 2. The fourth-order valence-electron chi connectivity index (χ4n) is 2.49. The molecule has 0 aromatic heterocycles. The van der Waals surface area contributed by atoms with Crippen molar-refractivity contribution in [1.82, 2.24) is 0 Å². The Labute approximate surface area is 116 Å². The lowest BCUT2D eigenvalue weighted by Crippen LogP contribution is -2.17. The maximum Gasteiger partial charge on any atom is -0.00631 e. The predicted octanol–water partition coefficient (Wildman–Crippen LogP) is 5.46. The lowest BCUT2D eigenvalue weighted by atomic mass is 9.77. The molecule has 0 N–H and O–H groups in total. The Kier molecular flexibility index (Phi) is 4.21. The third kappa shape index (κ3) is 3.35. The van der Waals surface area contributed by atoms with Gasteiger partial charge in [0.15, 0.2) is 0 Å². The summed E-state index contributed by atoms with van der Waals surface area (Å²) in [6, 6.07) is 21.4. The van der Waals surface area contributed by atoms with E-state index < -0.39 is 0 Å². The van der Waals surface area contributed by atoms with Gasteiger partial charge in [-0.15, -0.1) is 0 Å². The van der Waals surface area contributed by atoms with E-state index in [2.05, 4.69) is 87.5 Å². The van der Waals surface area contributed by atoms with Crippen LogP contribution in [0.15, 0.2) is 66.7 Å². The average Bonchev–Trinajstić information content (AvgIpc) is 2.47. The van der Waals surface area contributed by atoms with Gasteiger partial charge in [-0.05, 0) is 35.5 Å². The predicted molar refractivity (Wildman–Crippen MR) is 84.2 cm³/mol. The average molecular weight is 250 g/mol. The summed E-state index contributed by atoms with van der Waals surface area (Å²) in [6.07, 6.45) is 3.29. The summed E-state index contributed by atoms with van der Waals surface area (Å²) in [6.45, 7) is 6.76. The highest BCUT2D eigenvalue weighted by Crippen LogP contribution is 2.34. The SMILES string of the molecule is CC=C(CC(C)(C)c1ccccc1)c1ccccc1. The van der Waals surface area contributed by atoms with Crippen LogP contribution < -0.4 is 0 Å². The van der Waals surface area contributed by atoms with E-state index in [1.165, 1.54) is 16.7 Å². The van der Waals surface area contributed by atoms with Gasteiger partial charge in [0.1, 0.15) is 0 Å². The summed E-state index contributed by atoms with van der Waals surface area (Å²) < 4.78 is 0. The highest BCUT2D eigenvalue weighted by molar-refractivity contribution is 5.66.